The first kappa shape index (κ1) is 13.1. The van der Waals surface area contributed by atoms with Crippen LogP contribution in [0.2, 0.25) is 0 Å². The van der Waals surface area contributed by atoms with E-state index < -0.39 is 0 Å². The average molecular weight is 221 g/mol. The smallest absolute Gasteiger partial charge is 0.141 e. The summed E-state index contributed by atoms with van der Waals surface area (Å²) >= 11 is 0. The van der Waals surface area contributed by atoms with E-state index in [1.807, 2.05) is 6.07 Å². The Morgan fingerprint density at radius 1 is 1.00 bits per heavy atom. The molecule has 1 heterocycles. The van der Waals surface area contributed by atoms with E-state index in [0.717, 1.165) is 18.9 Å². The average Bonchev–Trinajstić information content (AvgIpc) is 2.34. The molecule has 90 valence electrons. The summed E-state index contributed by atoms with van der Waals surface area (Å²) in [5.74, 6) is 0.883. The zero-order valence-corrected chi connectivity index (χ0v) is 10.3. The number of hydrogen-bond acceptors (Lipinski definition) is 3. The topological polar surface area (TPSA) is 37.8 Å². The predicted molar refractivity (Wildman–Crippen MR) is 67.1 cm³/mol. The lowest BCUT2D eigenvalue weighted by atomic mass is 10.1. The van der Waals surface area contributed by atoms with Crippen LogP contribution in [-0.4, -0.2) is 16.5 Å². The first-order valence-electron chi connectivity index (χ1n) is 6.40. The number of rotatable bonds is 9. The SMILES string of the molecule is CCCCCCCCNCc1ncccn1. The lowest BCUT2D eigenvalue weighted by Crippen LogP contribution is -2.16. The van der Waals surface area contributed by atoms with E-state index in [9.17, 15) is 0 Å². The zero-order valence-electron chi connectivity index (χ0n) is 10.3. The summed E-state index contributed by atoms with van der Waals surface area (Å²) in [6, 6.07) is 1.84. The number of aromatic nitrogens is 2. The van der Waals surface area contributed by atoms with Gasteiger partial charge in [-0.25, -0.2) is 9.97 Å². The van der Waals surface area contributed by atoms with Crippen LogP contribution >= 0.6 is 0 Å². The summed E-state index contributed by atoms with van der Waals surface area (Å²) in [5.41, 5.74) is 0. The number of hydrogen-bond donors (Lipinski definition) is 1. The third-order valence-corrected chi connectivity index (χ3v) is 2.61. The molecule has 1 N–H and O–H groups in total. The van der Waals surface area contributed by atoms with Crippen molar-refractivity contribution in [2.24, 2.45) is 0 Å². The second-order valence-electron chi connectivity index (χ2n) is 4.11. The van der Waals surface area contributed by atoms with Crippen LogP contribution in [-0.2, 0) is 6.54 Å². The quantitative estimate of drug-likeness (QED) is 0.651. The van der Waals surface area contributed by atoms with Crippen molar-refractivity contribution in [2.75, 3.05) is 6.54 Å². The molecule has 0 aliphatic rings. The van der Waals surface area contributed by atoms with E-state index in [2.05, 4.69) is 22.2 Å². The van der Waals surface area contributed by atoms with Crippen molar-refractivity contribution in [3.8, 4) is 0 Å². The molecular weight excluding hydrogens is 198 g/mol. The third kappa shape index (κ3) is 6.51. The molecule has 0 saturated heterocycles. The van der Waals surface area contributed by atoms with E-state index in [-0.39, 0.29) is 0 Å². The van der Waals surface area contributed by atoms with Gasteiger partial charge in [-0.3, -0.25) is 0 Å². The van der Waals surface area contributed by atoms with Gasteiger partial charge < -0.3 is 5.32 Å². The van der Waals surface area contributed by atoms with Crippen LogP contribution in [0, 0.1) is 0 Å². The van der Waals surface area contributed by atoms with Crippen LogP contribution in [0.25, 0.3) is 0 Å². The van der Waals surface area contributed by atoms with Gasteiger partial charge in [-0.1, -0.05) is 39.0 Å². The molecule has 16 heavy (non-hydrogen) atoms. The lowest BCUT2D eigenvalue weighted by molar-refractivity contribution is 0.565. The van der Waals surface area contributed by atoms with E-state index in [0.29, 0.717) is 0 Å². The summed E-state index contributed by atoms with van der Waals surface area (Å²) in [6.07, 6.45) is 11.6. The molecule has 3 nitrogen and oxygen atoms in total. The number of unbranched alkanes of at least 4 members (excludes halogenated alkanes) is 5. The Balaban J connectivity index is 1.89. The molecule has 0 fully saturated rings. The van der Waals surface area contributed by atoms with Crippen LogP contribution in [0.3, 0.4) is 0 Å². The highest BCUT2D eigenvalue weighted by Crippen LogP contribution is 2.04. The molecule has 3 heteroatoms. The lowest BCUT2D eigenvalue weighted by Gasteiger charge is -2.03. The van der Waals surface area contributed by atoms with Gasteiger partial charge in [0.05, 0.1) is 6.54 Å². The van der Waals surface area contributed by atoms with Gasteiger partial charge in [0, 0.05) is 12.4 Å². The van der Waals surface area contributed by atoms with Crippen LogP contribution in [0.15, 0.2) is 18.5 Å². The fraction of sp³-hybridized carbons (Fsp3) is 0.692. The molecule has 1 aromatic heterocycles. The Kier molecular flexibility index (Phi) is 7.60. The first-order chi connectivity index (χ1) is 7.93. The minimum atomic E-state index is 0.788. The van der Waals surface area contributed by atoms with E-state index >= 15 is 0 Å². The monoisotopic (exact) mass is 221 g/mol. The molecule has 0 radical (unpaired) electrons. The molecule has 1 rings (SSSR count). The molecular formula is C13H23N3. The second-order valence-corrected chi connectivity index (χ2v) is 4.11. The van der Waals surface area contributed by atoms with Gasteiger partial charge in [-0.15, -0.1) is 0 Å². The Hall–Kier alpha value is -0.960. The Morgan fingerprint density at radius 2 is 1.69 bits per heavy atom. The first-order valence-corrected chi connectivity index (χ1v) is 6.40. The normalized spacial score (nSPS) is 10.6. The predicted octanol–water partition coefficient (Wildman–Crippen LogP) is 2.93. The molecule has 0 aromatic carbocycles. The van der Waals surface area contributed by atoms with Crippen LogP contribution in [0.1, 0.15) is 51.3 Å². The Labute approximate surface area is 98.7 Å². The van der Waals surface area contributed by atoms with Crippen molar-refractivity contribution >= 4 is 0 Å². The van der Waals surface area contributed by atoms with Crippen LogP contribution in [0.4, 0.5) is 0 Å². The van der Waals surface area contributed by atoms with Gasteiger partial charge in [0.15, 0.2) is 0 Å². The van der Waals surface area contributed by atoms with Gasteiger partial charge in [-0.2, -0.15) is 0 Å². The highest BCUT2D eigenvalue weighted by Gasteiger charge is 1.93. The minimum absolute atomic E-state index is 0.788. The van der Waals surface area contributed by atoms with E-state index in [1.165, 1.54) is 38.5 Å². The fourth-order valence-corrected chi connectivity index (χ4v) is 1.65. The van der Waals surface area contributed by atoms with E-state index in [1.54, 1.807) is 12.4 Å². The Morgan fingerprint density at radius 3 is 2.44 bits per heavy atom. The molecule has 0 bridgehead atoms. The van der Waals surface area contributed by atoms with Crippen molar-refractivity contribution < 1.29 is 0 Å². The summed E-state index contributed by atoms with van der Waals surface area (Å²) < 4.78 is 0. The maximum Gasteiger partial charge on any atom is 0.141 e. The standard InChI is InChI=1S/C13H23N3/c1-2-3-4-5-6-7-9-14-12-13-15-10-8-11-16-13/h8,10-11,14H,2-7,9,12H2,1H3. The second kappa shape index (κ2) is 9.28. The molecule has 0 spiro atoms. The van der Waals surface area contributed by atoms with Crippen LogP contribution in [0.5, 0.6) is 0 Å². The van der Waals surface area contributed by atoms with Gasteiger partial charge in [0.1, 0.15) is 5.82 Å². The van der Waals surface area contributed by atoms with Crippen molar-refractivity contribution in [3.63, 3.8) is 0 Å². The van der Waals surface area contributed by atoms with Gasteiger partial charge in [0.2, 0.25) is 0 Å². The number of nitrogens with one attached hydrogen (secondary N) is 1. The van der Waals surface area contributed by atoms with Crippen molar-refractivity contribution in [2.45, 2.75) is 52.0 Å². The maximum absolute atomic E-state index is 4.16. The van der Waals surface area contributed by atoms with Crippen molar-refractivity contribution in [1.82, 2.24) is 15.3 Å². The largest absolute Gasteiger partial charge is 0.310 e. The fourth-order valence-electron chi connectivity index (χ4n) is 1.65. The highest BCUT2D eigenvalue weighted by molar-refractivity contribution is 4.87. The minimum Gasteiger partial charge on any atom is -0.310 e. The summed E-state index contributed by atoms with van der Waals surface area (Å²) in [7, 11) is 0. The van der Waals surface area contributed by atoms with Crippen molar-refractivity contribution in [1.29, 1.82) is 0 Å². The highest BCUT2D eigenvalue weighted by atomic mass is 14.9. The number of nitrogens with zero attached hydrogens (tertiary/aromatic N) is 2. The summed E-state index contributed by atoms with van der Waals surface area (Å²) in [6.45, 7) is 4.11. The third-order valence-electron chi connectivity index (χ3n) is 2.61. The zero-order chi connectivity index (χ0) is 11.5. The summed E-state index contributed by atoms with van der Waals surface area (Å²) in [5, 5.41) is 3.37. The Bertz CT molecular complexity index is 249. The summed E-state index contributed by atoms with van der Waals surface area (Å²) in [4.78, 5) is 8.33. The molecule has 0 atom stereocenters. The van der Waals surface area contributed by atoms with Gasteiger partial charge in [-0.05, 0) is 19.0 Å². The van der Waals surface area contributed by atoms with Crippen molar-refractivity contribution in [3.05, 3.63) is 24.3 Å². The van der Waals surface area contributed by atoms with Gasteiger partial charge >= 0.3 is 0 Å². The molecule has 0 aliphatic carbocycles. The van der Waals surface area contributed by atoms with Crippen LogP contribution < -0.4 is 5.32 Å². The molecule has 1 aromatic rings. The molecule has 0 amide bonds. The van der Waals surface area contributed by atoms with Gasteiger partial charge in [0.25, 0.3) is 0 Å². The maximum atomic E-state index is 4.16. The molecule has 0 unspecified atom stereocenters. The molecule has 0 saturated carbocycles. The van der Waals surface area contributed by atoms with E-state index in [4.69, 9.17) is 0 Å². The molecule has 0 aliphatic heterocycles.